The van der Waals surface area contributed by atoms with E-state index in [1.54, 1.807) is 12.1 Å². The molecule has 2 aromatic carbocycles. The second-order valence-corrected chi connectivity index (χ2v) is 6.48. The first kappa shape index (κ1) is 20.8. The van der Waals surface area contributed by atoms with Crippen LogP contribution in [0.1, 0.15) is 37.4 Å². The van der Waals surface area contributed by atoms with E-state index in [4.69, 9.17) is 21.1 Å². The molecule has 0 bridgehead atoms. The summed E-state index contributed by atoms with van der Waals surface area (Å²) >= 11 is 5.95. The molecule has 6 heteroatoms. The Bertz CT molecular complexity index is 778. The molecule has 0 aromatic heterocycles. The van der Waals surface area contributed by atoms with Crippen molar-refractivity contribution >= 4 is 23.5 Å². The molecule has 1 atom stereocenters. The van der Waals surface area contributed by atoms with E-state index in [2.05, 4.69) is 5.32 Å². The summed E-state index contributed by atoms with van der Waals surface area (Å²) in [5, 5.41) is 3.39. The SMILES string of the molecule is CCOc1ccccc1CCC(=O)OCC(=O)N[C@@H](C)c1cccc(Cl)c1. The lowest BCUT2D eigenvalue weighted by Gasteiger charge is -2.15. The van der Waals surface area contributed by atoms with Crippen LogP contribution in [0.2, 0.25) is 5.02 Å². The molecule has 2 rings (SSSR count). The quantitative estimate of drug-likeness (QED) is 0.656. The van der Waals surface area contributed by atoms with E-state index in [1.165, 1.54) is 0 Å². The Morgan fingerprint density at radius 1 is 1.15 bits per heavy atom. The van der Waals surface area contributed by atoms with Gasteiger partial charge in [0.2, 0.25) is 0 Å². The van der Waals surface area contributed by atoms with E-state index in [-0.39, 0.29) is 25.0 Å². The number of para-hydroxylation sites is 1. The van der Waals surface area contributed by atoms with Crippen LogP contribution in [0, 0.1) is 0 Å². The van der Waals surface area contributed by atoms with Gasteiger partial charge in [-0.1, -0.05) is 41.9 Å². The third kappa shape index (κ3) is 6.94. The highest BCUT2D eigenvalue weighted by Crippen LogP contribution is 2.20. The Morgan fingerprint density at radius 3 is 2.67 bits per heavy atom. The highest BCUT2D eigenvalue weighted by Gasteiger charge is 2.13. The lowest BCUT2D eigenvalue weighted by atomic mass is 10.1. The van der Waals surface area contributed by atoms with E-state index in [0.717, 1.165) is 16.9 Å². The molecule has 0 aliphatic carbocycles. The maximum atomic E-state index is 12.0. The minimum Gasteiger partial charge on any atom is -0.494 e. The highest BCUT2D eigenvalue weighted by atomic mass is 35.5. The molecule has 0 radical (unpaired) electrons. The molecule has 0 fully saturated rings. The Morgan fingerprint density at radius 2 is 1.93 bits per heavy atom. The van der Waals surface area contributed by atoms with Crippen molar-refractivity contribution in [2.75, 3.05) is 13.2 Å². The number of hydrogen-bond donors (Lipinski definition) is 1. The van der Waals surface area contributed by atoms with Crippen molar-refractivity contribution in [3.05, 3.63) is 64.7 Å². The average molecular weight is 390 g/mol. The van der Waals surface area contributed by atoms with Gasteiger partial charge >= 0.3 is 5.97 Å². The molecule has 1 N–H and O–H groups in total. The minimum atomic E-state index is -0.424. The number of nitrogens with one attached hydrogen (secondary N) is 1. The van der Waals surface area contributed by atoms with Gasteiger partial charge in [-0.25, -0.2) is 0 Å². The van der Waals surface area contributed by atoms with Crippen molar-refractivity contribution in [2.24, 2.45) is 0 Å². The number of esters is 1. The predicted octanol–water partition coefficient (Wildman–Crippen LogP) is 4.09. The van der Waals surface area contributed by atoms with Crippen molar-refractivity contribution in [3.8, 4) is 5.75 Å². The highest BCUT2D eigenvalue weighted by molar-refractivity contribution is 6.30. The molecule has 27 heavy (non-hydrogen) atoms. The van der Waals surface area contributed by atoms with Gasteiger partial charge in [0.25, 0.3) is 5.91 Å². The number of halogens is 1. The van der Waals surface area contributed by atoms with Gasteiger partial charge < -0.3 is 14.8 Å². The smallest absolute Gasteiger partial charge is 0.306 e. The number of amides is 1. The van der Waals surface area contributed by atoms with Crippen LogP contribution in [0.15, 0.2) is 48.5 Å². The maximum absolute atomic E-state index is 12.0. The van der Waals surface area contributed by atoms with Crippen LogP contribution in [0.4, 0.5) is 0 Å². The first-order chi connectivity index (χ1) is 13.0. The average Bonchev–Trinajstić information content (AvgIpc) is 2.66. The van der Waals surface area contributed by atoms with E-state index >= 15 is 0 Å². The van der Waals surface area contributed by atoms with Gasteiger partial charge in [0, 0.05) is 11.4 Å². The van der Waals surface area contributed by atoms with E-state index in [0.29, 0.717) is 18.1 Å². The summed E-state index contributed by atoms with van der Waals surface area (Å²) in [7, 11) is 0. The van der Waals surface area contributed by atoms with Gasteiger partial charge in [0.15, 0.2) is 6.61 Å². The monoisotopic (exact) mass is 389 g/mol. The van der Waals surface area contributed by atoms with Crippen LogP contribution in [0.5, 0.6) is 5.75 Å². The van der Waals surface area contributed by atoms with Gasteiger partial charge in [0.05, 0.1) is 12.6 Å². The summed E-state index contributed by atoms with van der Waals surface area (Å²) in [5.41, 5.74) is 1.82. The van der Waals surface area contributed by atoms with Crippen LogP contribution in [0.3, 0.4) is 0 Å². The standard InChI is InChI=1S/C21H24ClNO4/c1-3-26-19-10-5-4-7-16(19)11-12-21(25)27-14-20(24)23-15(2)17-8-6-9-18(22)13-17/h4-10,13,15H,3,11-12,14H2,1-2H3,(H,23,24)/t15-/m0/s1. The van der Waals surface area contributed by atoms with Gasteiger partial charge in [-0.05, 0) is 49.6 Å². The number of carbonyl (C=O) groups excluding carboxylic acids is 2. The van der Waals surface area contributed by atoms with Crippen LogP contribution in [0.25, 0.3) is 0 Å². The summed E-state index contributed by atoms with van der Waals surface area (Å²) in [6.07, 6.45) is 0.677. The Balaban J connectivity index is 1.76. The number of ether oxygens (including phenoxy) is 2. The lowest BCUT2D eigenvalue weighted by Crippen LogP contribution is -2.31. The molecule has 1 amide bonds. The second kappa shape index (κ2) is 10.6. The number of benzene rings is 2. The molecule has 0 unspecified atom stereocenters. The number of aryl methyl sites for hydroxylation is 1. The second-order valence-electron chi connectivity index (χ2n) is 6.05. The van der Waals surface area contributed by atoms with Crippen LogP contribution >= 0.6 is 11.6 Å². The molecule has 0 saturated heterocycles. The summed E-state index contributed by atoms with van der Waals surface area (Å²) in [5.74, 6) is -0.0155. The molecule has 0 aliphatic heterocycles. The molecule has 0 aliphatic rings. The lowest BCUT2D eigenvalue weighted by molar-refractivity contribution is -0.148. The molecular weight excluding hydrogens is 366 g/mol. The molecular formula is C21H24ClNO4. The van der Waals surface area contributed by atoms with E-state index < -0.39 is 5.97 Å². The van der Waals surface area contributed by atoms with Crippen molar-refractivity contribution in [3.63, 3.8) is 0 Å². The minimum absolute atomic E-state index is 0.182. The zero-order valence-electron chi connectivity index (χ0n) is 15.5. The van der Waals surface area contributed by atoms with Crippen LogP contribution in [-0.4, -0.2) is 25.1 Å². The zero-order valence-corrected chi connectivity index (χ0v) is 16.3. The fraction of sp³-hybridized carbons (Fsp3) is 0.333. The molecule has 0 spiro atoms. The van der Waals surface area contributed by atoms with Crippen molar-refractivity contribution in [2.45, 2.75) is 32.7 Å². The molecule has 0 saturated carbocycles. The molecule has 2 aromatic rings. The molecule has 0 heterocycles. The zero-order chi connectivity index (χ0) is 19.6. The predicted molar refractivity (Wildman–Crippen MR) is 105 cm³/mol. The van der Waals surface area contributed by atoms with E-state index in [9.17, 15) is 9.59 Å². The third-order valence-corrected chi connectivity index (χ3v) is 4.20. The fourth-order valence-electron chi connectivity index (χ4n) is 2.60. The van der Waals surface area contributed by atoms with Crippen LogP contribution < -0.4 is 10.1 Å². The number of hydrogen-bond acceptors (Lipinski definition) is 4. The summed E-state index contributed by atoms with van der Waals surface area (Å²) in [6.45, 7) is 4.01. The van der Waals surface area contributed by atoms with Gasteiger partial charge in [0.1, 0.15) is 5.75 Å². The fourth-order valence-corrected chi connectivity index (χ4v) is 2.80. The Hall–Kier alpha value is -2.53. The van der Waals surface area contributed by atoms with Crippen molar-refractivity contribution < 1.29 is 19.1 Å². The van der Waals surface area contributed by atoms with Crippen molar-refractivity contribution in [1.82, 2.24) is 5.32 Å². The number of rotatable bonds is 9. The molecule has 5 nitrogen and oxygen atoms in total. The first-order valence-electron chi connectivity index (χ1n) is 8.90. The topological polar surface area (TPSA) is 64.6 Å². The van der Waals surface area contributed by atoms with E-state index in [1.807, 2.05) is 50.2 Å². The Kier molecular flexibility index (Phi) is 8.14. The number of carbonyl (C=O) groups is 2. The van der Waals surface area contributed by atoms with Crippen molar-refractivity contribution in [1.29, 1.82) is 0 Å². The third-order valence-electron chi connectivity index (χ3n) is 3.96. The Labute approximate surface area is 164 Å². The largest absolute Gasteiger partial charge is 0.494 e. The van der Waals surface area contributed by atoms with Gasteiger partial charge in [-0.2, -0.15) is 0 Å². The van der Waals surface area contributed by atoms with Gasteiger partial charge in [-0.15, -0.1) is 0 Å². The van der Waals surface area contributed by atoms with Crippen LogP contribution in [-0.2, 0) is 20.7 Å². The summed E-state index contributed by atoms with van der Waals surface area (Å²) in [4.78, 5) is 23.9. The first-order valence-corrected chi connectivity index (χ1v) is 9.28. The molecule has 144 valence electrons. The summed E-state index contributed by atoms with van der Waals surface area (Å²) < 4.78 is 10.6. The maximum Gasteiger partial charge on any atom is 0.306 e. The summed E-state index contributed by atoms with van der Waals surface area (Å²) in [6, 6.07) is 14.6. The normalized spacial score (nSPS) is 11.5. The van der Waals surface area contributed by atoms with Gasteiger partial charge in [-0.3, -0.25) is 9.59 Å².